The monoisotopic (exact) mass is 397 g/mol. The Kier molecular flexibility index (Phi) is 6.32. The third-order valence-corrected chi connectivity index (χ3v) is 7.39. The molecule has 29 heavy (non-hydrogen) atoms. The van der Waals surface area contributed by atoms with Crippen LogP contribution in [0.15, 0.2) is 18.2 Å². The molecular formula is C24H32FN3O. The highest BCUT2D eigenvalue weighted by Gasteiger charge is 2.42. The van der Waals surface area contributed by atoms with Crippen molar-refractivity contribution >= 4 is 5.78 Å². The van der Waals surface area contributed by atoms with Crippen LogP contribution in [0.1, 0.15) is 62.5 Å². The molecule has 2 bridgehead atoms. The molecule has 2 aliphatic heterocycles. The highest BCUT2D eigenvalue weighted by Crippen LogP contribution is 2.36. The van der Waals surface area contributed by atoms with E-state index in [9.17, 15) is 14.4 Å². The summed E-state index contributed by atoms with van der Waals surface area (Å²) in [6.45, 7) is 5.39. The molecule has 4 atom stereocenters. The Bertz CT molecular complexity index is 781. The van der Waals surface area contributed by atoms with Crippen LogP contribution in [0.25, 0.3) is 0 Å². The lowest BCUT2D eigenvalue weighted by Gasteiger charge is -2.31. The van der Waals surface area contributed by atoms with Crippen LogP contribution in [0, 0.1) is 29.0 Å². The van der Waals surface area contributed by atoms with E-state index in [0.29, 0.717) is 29.9 Å². The van der Waals surface area contributed by atoms with Crippen LogP contribution in [-0.2, 0) is 11.2 Å². The summed E-state index contributed by atoms with van der Waals surface area (Å²) < 4.78 is 14.8. The number of likely N-dealkylation sites (tertiary alicyclic amines) is 1. The quantitative estimate of drug-likeness (QED) is 0.760. The van der Waals surface area contributed by atoms with Crippen LogP contribution in [0.2, 0.25) is 0 Å². The molecule has 5 heteroatoms. The number of carbonyl (C=O) groups is 1. The summed E-state index contributed by atoms with van der Waals surface area (Å²) in [5.74, 6) is 0.284. The lowest BCUT2D eigenvalue weighted by molar-refractivity contribution is -0.122. The molecule has 1 aliphatic carbocycles. The summed E-state index contributed by atoms with van der Waals surface area (Å²) in [6.07, 6.45) is 6.01. The molecule has 4 rings (SSSR count). The van der Waals surface area contributed by atoms with E-state index in [4.69, 9.17) is 0 Å². The van der Waals surface area contributed by atoms with Gasteiger partial charge in [-0.25, -0.2) is 4.39 Å². The predicted molar refractivity (Wildman–Crippen MR) is 111 cm³/mol. The predicted octanol–water partition coefficient (Wildman–Crippen LogP) is 3.81. The SMILES string of the molecule is CCN1CCC(c2ccc(C[C@@H](C#N)CC(=O)[C@H]3N[C@@H]4CC[C@H]3C4)c(F)c2)CC1. The van der Waals surface area contributed by atoms with Crippen molar-refractivity contribution in [3.63, 3.8) is 0 Å². The third kappa shape index (κ3) is 4.54. The van der Waals surface area contributed by atoms with Gasteiger partial charge in [-0.15, -0.1) is 0 Å². The van der Waals surface area contributed by atoms with Gasteiger partial charge in [-0.2, -0.15) is 5.26 Å². The zero-order valence-corrected chi connectivity index (χ0v) is 17.4. The second-order valence-electron chi connectivity index (χ2n) is 9.17. The molecule has 1 aromatic rings. The highest BCUT2D eigenvalue weighted by atomic mass is 19.1. The number of piperidine rings is 2. The summed E-state index contributed by atoms with van der Waals surface area (Å²) >= 11 is 0. The lowest BCUT2D eigenvalue weighted by atomic mass is 9.86. The van der Waals surface area contributed by atoms with Crippen LogP contribution >= 0.6 is 0 Å². The Morgan fingerprint density at radius 3 is 2.69 bits per heavy atom. The van der Waals surface area contributed by atoms with Crippen molar-refractivity contribution in [2.75, 3.05) is 19.6 Å². The molecular weight excluding hydrogens is 365 g/mol. The molecule has 3 aliphatic rings. The Morgan fingerprint density at radius 1 is 1.31 bits per heavy atom. The van der Waals surface area contributed by atoms with E-state index in [-0.39, 0.29) is 24.1 Å². The average Bonchev–Trinajstić information content (AvgIpc) is 3.38. The van der Waals surface area contributed by atoms with Crippen molar-refractivity contribution in [2.24, 2.45) is 11.8 Å². The zero-order valence-electron chi connectivity index (χ0n) is 17.4. The molecule has 1 saturated carbocycles. The van der Waals surface area contributed by atoms with E-state index in [1.807, 2.05) is 12.1 Å². The number of ketones is 1. The Morgan fingerprint density at radius 2 is 2.10 bits per heavy atom. The number of nitriles is 1. The highest BCUT2D eigenvalue weighted by molar-refractivity contribution is 5.85. The van der Waals surface area contributed by atoms with Crippen molar-refractivity contribution in [1.82, 2.24) is 10.2 Å². The Balaban J connectivity index is 1.35. The van der Waals surface area contributed by atoms with Gasteiger partial charge in [0.05, 0.1) is 18.0 Å². The summed E-state index contributed by atoms with van der Waals surface area (Å²) in [6, 6.07) is 8.15. The smallest absolute Gasteiger partial charge is 0.151 e. The van der Waals surface area contributed by atoms with Crippen LogP contribution in [0.4, 0.5) is 4.39 Å². The second-order valence-corrected chi connectivity index (χ2v) is 9.17. The maximum Gasteiger partial charge on any atom is 0.151 e. The number of rotatable bonds is 7. The molecule has 156 valence electrons. The van der Waals surface area contributed by atoms with E-state index in [1.54, 1.807) is 6.07 Å². The standard InChI is InChI=1S/C24H32FN3O/c1-2-28-9-7-17(8-10-28)18-3-4-19(22(25)14-18)11-16(15-26)12-23(29)24-20-5-6-21(13-20)27-24/h3-4,14,16-17,20-21,24,27H,2,5-13H2,1H3/t16-,20+,21-,24+/m1/s1. The number of Topliss-reactive ketones (excluding diaryl/α,β-unsaturated/α-hetero) is 1. The van der Waals surface area contributed by atoms with Crippen molar-refractivity contribution in [1.29, 1.82) is 5.26 Å². The van der Waals surface area contributed by atoms with Crippen LogP contribution in [-0.4, -0.2) is 42.4 Å². The zero-order chi connectivity index (χ0) is 20.4. The molecule has 1 N–H and O–H groups in total. The largest absolute Gasteiger partial charge is 0.304 e. The maximum atomic E-state index is 14.8. The molecule has 0 unspecified atom stereocenters. The molecule has 0 aromatic heterocycles. The molecule has 3 fully saturated rings. The fourth-order valence-corrected chi connectivity index (χ4v) is 5.58. The Hall–Kier alpha value is -1.77. The number of nitrogens with zero attached hydrogens (tertiary/aromatic N) is 2. The first-order valence-electron chi connectivity index (χ1n) is 11.3. The normalized spacial score (nSPS) is 28.4. The summed E-state index contributed by atoms with van der Waals surface area (Å²) in [5.41, 5.74) is 1.62. The number of hydrogen-bond donors (Lipinski definition) is 1. The molecule has 4 nitrogen and oxygen atoms in total. The minimum absolute atomic E-state index is 0.0918. The molecule has 1 aromatic carbocycles. The minimum Gasteiger partial charge on any atom is -0.304 e. The van der Waals surface area contributed by atoms with Gasteiger partial charge in [0.15, 0.2) is 5.78 Å². The fourth-order valence-electron chi connectivity index (χ4n) is 5.58. The topological polar surface area (TPSA) is 56.1 Å². The van der Waals surface area contributed by atoms with Gasteiger partial charge >= 0.3 is 0 Å². The van der Waals surface area contributed by atoms with E-state index in [0.717, 1.165) is 57.3 Å². The van der Waals surface area contributed by atoms with Crippen LogP contribution in [0.5, 0.6) is 0 Å². The average molecular weight is 398 g/mol. The molecule has 0 spiro atoms. The van der Waals surface area contributed by atoms with E-state index >= 15 is 0 Å². The number of benzene rings is 1. The lowest BCUT2D eigenvalue weighted by Crippen LogP contribution is -2.42. The molecule has 2 saturated heterocycles. The first-order chi connectivity index (χ1) is 14.1. The van der Waals surface area contributed by atoms with Gasteiger partial charge < -0.3 is 10.2 Å². The summed E-state index contributed by atoms with van der Waals surface area (Å²) in [5, 5.41) is 13.0. The van der Waals surface area contributed by atoms with Gasteiger partial charge in [0.25, 0.3) is 0 Å². The molecule has 0 amide bonds. The number of fused-ring (bicyclic) bond motifs is 2. The Labute approximate surface area is 173 Å². The van der Waals surface area contributed by atoms with E-state index < -0.39 is 5.92 Å². The fraction of sp³-hybridized carbons (Fsp3) is 0.667. The van der Waals surface area contributed by atoms with Gasteiger partial charge in [0, 0.05) is 12.5 Å². The summed E-state index contributed by atoms with van der Waals surface area (Å²) in [7, 11) is 0. The van der Waals surface area contributed by atoms with Gasteiger partial charge in [0.2, 0.25) is 0 Å². The molecule has 2 heterocycles. The first kappa shape index (κ1) is 20.5. The van der Waals surface area contributed by atoms with Crippen molar-refractivity contribution in [3.8, 4) is 6.07 Å². The van der Waals surface area contributed by atoms with Crippen molar-refractivity contribution in [3.05, 3.63) is 35.1 Å². The second kappa shape index (κ2) is 8.93. The number of carbonyl (C=O) groups excluding carboxylic acids is 1. The van der Waals surface area contributed by atoms with Crippen molar-refractivity contribution < 1.29 is 9.18 Å². The van der Waals surface area contributed by atoms with Gasteiger partial charge in [-0.3, -0.25) is 4.79 Å². The third-order valence-electron chi connectivity index (χ3n) is 7.39. The number of halogens is 1. The van der Waals surface area contributed by atoms with Gasteiger partial charge in [0.1, 0.15) is 5.82 Å². The van der Waals surface area contributed by atoms with Crippen LogP contribution < -0.4 is 5.32 Å². The van der Waals surface area contributed by atoms with E-state index in [2.05, 4.69) is 23.2 Å². The van der Waals surface area contributed by atoms with Gasteiger partial charge in [-0.1, -0.05) is 19.1 Å². The summed E-state index contributed by atoms with van der Waals surface area (Å²) in [4.78, 5) is 15.1. The number of nitrogens with one attached hydrogen (secondary N) is 1. The number of hydrogen-bond acceptors (Lipinski definition) is 4. The van der Waals surface area contributed by atoms with Gasteiger partial charge in [-0.05, 0) is 87.2 Å². The maximum absolute atomic E-state index is 14.8. The van der Waals surface area contributed by atoms with Crippen LogP contribution in [0.3, 0.4) is 0 Å². The first-order valence-corrected chi connectivity index (χ1v) is 11.3. The van der Waals surface area contributed by atoms with E-state index in [1.165, 1.54) is 0 Å². The van der Waals surface area contributed by atoms with Crippen molar-refractivity contribution in [2.45, 2.75) is 69.9 Å². The molecule has 0 radical (unpaired) electrons. The minimum atomic E-state index is -0.462.